The van der Waals surface area contributed by atoms with Crippen LogP contribution in [-0.2, 0) is 9.84 Å². The topological polar surface area (TPSA) is 63.2 Å². The monoisotopic (exact) mass is 387 g/mol. The first-order chi connectivity index (χ1) is 11.8. The summed E-state index contributed by atoms with van der Waals surface area (Å²) in [5.41, 5.74) is 1.05. The molecule has 0 aliphatic rings. The van der Waals surface area contributed by atoms with Crippen LogP contribution in [0.2, 0.25) is 5.02 Å². The maximum absolute atomic E-state index is 12.5. The molecule has 0 bridgehead atoms. The molecule has 0 fully saturated rings. The Hall–Kier alpha value is -1.99. The number of benzene rings is 2. The molecule has 0 saturated carbocycles. The first-order valence-electron chi connectivity index (χ1n) is 7.44. The van der Waals surface area contributed by atoms with Crippen LogP contribution in [0.25, 0.3) is 0 Å². The van der Waals surface area contributed by atoms with Gasteiger partial charge in [-0.3, -0.25) is 4.79 Å². The summed E-state index contributed by atoms with van der Waals surface area (Å²) in [6, 6.07) is 11.2. The van der Waals surface area contributed by atoms with Crippen molar-refractivity contribution < 1.29 is 22.0 Å². The lowest BCUT2D eigenvalue weighted by Crippen LogP contribution is -2.28. The summed E-state index contributed by atoms with van der Waals surface area (Å²) >= 11 is 5.85. The molecular weight excluding hydrogens is 372 g/mol. The van der Waals surface area contributed by atoms with Crippen LogP contribution >= 0.6 is 11.6 Å². The van der Waals surface area contributed by atoms with Gasteiger partial charge in [0.1, 0.15) is 0 Å². The van der Waals surface area contributed by atoms with E-state index >= 15 is 0 Å². The van der Waals surface area contributed by atoms with Gasteiger partial charge < -0.3 is 5.32 Å². The van der Waals surface area contributed by atoms with E-state index in [-0.39, 0.29) is 11.6 Å². The molecule has 1 amide bonds. The van der Waals surface area contributed by atoms with Crippen LogP contribution in [0.4, 0.5) is 8.78 Å². The largest absolute Gasteiger partial charge is 0.345 e. The molecule has 0 aliphatic carbocycles. The molecule has 0 saturated heterocycles. The quantitative estimate of drug-likeness (QED) is 0.807. The van der Waals surface area contributed by atoms with Gasteiger partial charge in [0, 0.05) is 10.6 Å². The first-order valence-corrected chi connectivity index (χ1v) is 9.36. The van der Waals surface area contributed by atoms with Gasteiger partial charge in [-0.05, 0) is 48.4 Å². The minimum atomic E-state index is -4.67. The van der Waals surface area contributed by atoms with Crippen LogP contribution < -0.4 is 5.32 Å². The summed E-state index contributed by atoms with van der Waals surface area (Å²) in [4.78, 5) is 11.8. The Balaban J connectivity index is 2.16. The molecule has 134 valence electrons. The Bertz CT molecular complexity index is 837. The highest BCUT2D eigenvalue weighted by Crippen LogP contribution is 2.21. The Morgan fingerprint density at radius 3 is 2.12 bits per heavy atom. The number of halogens is 3. The first kappa shape index (κ1) is 19.3. The highest BCUT2D eigenvalue weighted by Gasteiger charge is 2.26. The number of carbonyl (C=O) groups excluding carboxylic acids is 1. The fourth-order valence-corrected chi connectivity index (χ4v) is 3.10. The Labute approximate surface area is 149 Å². The highest BCUT2D eigenvalue weighted by atomic mass is 35.5. The Morgan fingerprint density at radius 1 is 1.08 bits per heavy atom. The van der Waals surface area contributed by atoms with Gasteiger partial charge in [-0.15, -0.1) is 0 Å². The van der Waals surface area contributed by atoms with Crippen LogP contribution in [0, 0.1) is 0 Å². The SMILES string of the molecule is CC[C@H](NC(=O)c1ccc(S(=O)(=O)C(F)F)cc1)c1ccc(Cl)cc1. The lowest BCUT2D eigenvalue weighted by Gasteiger charge is -2.17. The molecule has 25 heavy (non-hydrogen) atoms. The minimum Gasteiger partial charge on any atom is -0.345 e. The molecule has 2 aromatic rings. The minimum absolute atomic E-state index is 0.181. The third-order valence-corrected chi connectivity index (χ3v) is 5.32. The van der Waals surface area contributed by atoms with Crippen molar-refractivity contribution in [1.29, 1.82) is 0 Å². The smallest absolute Gasteiger partial charge is 0.341 e. The van der Waals surface area contributed by atoms with Crippen molar-refractivity contribution in [3.63, 3.8) is 0 Å². The number of carbonyl (C=O) groups is 1. The van der Waals surface area contributed by atoms with Crippen molar-refractivity contribution >= 4 is 27.3 Å². The average molecular weight is 388 g/mol. The zero-order valence-corrected chi connectivity index (χ0v) is 14.8. The van der Waals surface area contributed by atoms with E-state index in [1.165, 1.54) is 12.1 Å². The molecule has 0 spiro atoms. The molecule has 2 rings (SSSR count). The van der Waals surface area contributed by atoms with Crippen LogP contribution in [0.5, 0.6) is 0 Å². The molecule has 0 unspecified atom stereocenters. The normalized spacial score (nSPS) is 12.8. The van der Waals surface area contributed by atoms with Crippen molar-refractivity contribution in [3.05, 3.63) is 64.7 Å². The van der Waals surface area contributed by atoms with Gasteiger partial charge in [0.25, 0.3) is 5.91 Å². The van der Waals surface area contributed by atoms with E-state index in [0.29, 0.717) is 11.4 Å². The number of alkyl halides is 2. The zero-order valence-electron chi connectivity index (χ0n) is 13.2. The van der Waals surface area contributed by atoms with Crippen LogP contribution in [0.1, 0.15) is 35.3 Å². The summed E-state index contributed by atoms with van der Waals surface area (Å²) in [5, 5.41) is 3.40. The second kappa shape index (κ2) is 7.93. The van der Waals surface area contributed by atoms with Crippen molar-refractivity contribution in [3.8, 4) is 0 Å². The molecule has 8 heteroatoms. The molecule has 1 N–H and O–H groups in total. The maximum Gasteiger partial charge on any atom is 0.341 e. The molecular formula is C17H16ClF2NO3S. The van der Waals surface area contributed by atoms with Gasteiger partial charge in [-0.2, -0.15) is 8.78 Å². The number of hydrogen-bond acceptors (Lipinski definition) is 3. The molecule has 0 aliphatic heterocycles. The zero-order chi connectivity index (χ0) is 18.6. The van der Waals surface area contributed by atoms with E-state index in [4.69, 9.17) is 11.6 Å². The summed E-state index contributed by atoms with van der Waals surface area (Å²) in [6.07, 6.45) is 0.630. The summed E-state index contributed by atoms with van der Waals surface area (Å²) < 4.78 is 47.8. The van der Waals surface area contributed by atoms with E-state index in [2.05, 4.69) is 5.32 Å². The number of nitrogens with one attached hydrogen (secondary N) is 1. The molecule has 0 aromatic heterocycles. The molecule has 0 radical (unpaired) electrons. The Kier molecular flexibility index (Phi) is 6.13. The van der Waals surface area contributed by atoms with Crippen molar-refractivity contribution in [1.82, 2.24) is 5.32 Å². The summed E-state index contributed by atoms with van der Waals surface area (Å²) in [7, 11) is -4.67. The number of hydrogen-bond donors (Lipinski definition) is 1. The second-order valence-corrected chi connectivity index (χ2v) is 7.67. The number of amides is 1. The van der Waals surface area contributed by atoms with Gasteiger partial charge in [0.2, 0.25) is 9.84 Å². The number of sulfone groups is 1. The predicted molar refractivity (Wildman–Crippen MR) is 91.6 cm³/mol. The van der Waals surface area contributed by atoms with Gasteiger partial charge in [0.15, 0.2) is 0 Å². The van der Waals surface area contributed by atoms with Crippen molar-refractivity contribution in [2.75, 3.05) is 0 Å². The fourth-order valence-electron chi connectivity index (χ4n) is 2.26. The summed E-state index contributed by atoms with van der Waals surface area (Å²) in [6.45, 7) is 1.90. The second-order valence-electron chi connectivity index (χ2n) is 5.32. The molecule has 4 nitrogen and oxygen atoms in total. The third kappa shape index (κ3) is 4.55. The van der Waals surface area contributed by atoms with Gasteiger partial charge >= 0.3 is 5.76 Å². The van der Waals surface area contributed by atoms with Gasteiger partial charge in [-0.25, -0.2) is 8.42 Å². The van der Waals surface area contributed by atoms with E-state index in [1.54, 1.807) is 24.3 Å². The van der Waals surface area contributed by atoms with E-state index in [1.807, 2.05) is 6.92 Å². The van der Waals surface area contributed by atoms with E-state index < -0.39 is 26.4 Å². The van der Waals surface area contributed by atoms with Crippen LogP contribution in [0.3, 0.4) is 0 Å². The van der Waals surface area contributed by atoms with Gasteiger partial charge in [0.05, 0.1) is 10.9 Å². The maximum atomic E-state index is 12.5. The predicted octanol–water partition coefficient (Wildman–Crippen LogP) is 4.22. The molecule has 1 atom stereocenters. The van der Waals surface area contributed by atoms with Gasteiger partial charge in [-0.1, -0.05) is 30.7 Å². The lowest BCUT2D eigenvalue weighted by molar-refractivity contribution is 0.0935. The average Bonchev–Trinajstić information content (AvgIpc) is 2.60. The molecule has 2 aromatic carbocycles. The van der Waals surface area contributed by atoms with Crippen LogP contribution in [0.15, 0.2) is 53.4 Å². The third-order valence-electron chi connectivity index (χ3n) is 3.67. The fraction of sp³-hybridized carbons (Fsp3) is 0.235. The lowest BCUT2D eigenvalue weighted by atomic mass is 10.0. The standard InChI is InChI=1S/C17H16ClF2NO3S/c1-2-15(11-3-7-13(18)8-4-11)21-16(22)12-5-9-14(10-6-12)25(23,24)17(19)20/h3-10,15,17H,2H2,1H3,(H,21,22)/t15-/m0/s1. The molecule has 0 heterocycles. The van der Waals surface area contributed by atoms with Crippen LogP contribution in [-0.4, -0.2) is 20.1 Å². The summed E-state index contributed by atoms with van der Waals surface area (Å²) in [5.74, 6) is -3.93. The van der Waals surface area contributed by atoms with Crippen molar-refractivity contribution in [2.24, 2.45) is 0 Å². The van der Waals surface area contributed by atoms with E-state index in [0.717, 1.165) is 17.7 Å². The highest BCUT2D eigenvalue weighted by molar-refractivity contribution is 7.91. The Morgan fingerprint density at radius 2 is 1.64 bits per heavy atom. The van der Waals surface area contributed by atoms with E-state index in [9.17, 15) is 22.0 Å². The van der Waals surface area contributed by atoms with Crippen molar-refractivity contribution in [2.45, 2.75) is 30.0 Å². The number of rotatable bonds is 6.